The van der Waals surface area contributed by atoms with Crippen molar-refractivity contribution in [2.75, 3.05) is 6.54 Å². The molecule has 4 N–H and O–H groups in total. The molecule has 82 valence electrons. The second-order valence-electron chi connectivity index (χ2n) is 3.43. The van der Waals surface area contributed by atoms with Crippen LogP contribution in [-0.4, -0.2) is 17.6 Å². The Morgan fingerprint density at radius 1 is 1.47 bits per heavy atom. The summed E-state index contributed by atoms with van der Waals surface area (Å²) in [5.74, 6) is 0.253. The Bertz CT molecular complexity index is 311. The largest absolute Gasteiger partial charge is 0.409 e. The van der Waals surface area contributed by atoms with Crippen LogP contribution in [0.25, 0.3) is 0 Å². The second-order valence-corrected chi connectivity index (χ2v) is 3.43. The number of rotatable bonds is 5. The summed E-state index contributed by atoms with van der Waals surface area (Å²) in [5.41, 5.74) is 6.59. The van der Waals surface area contributed by atoms with E-state index in [1.54, 1.807) is 0 Å². The van der Waals surface area contributed by atoms with Crippen LogP contribution in [0.3, 0.4) is 0 Å². The first kappa shape index (κ1) is 11.5. The summed E-state index contributed by atoms with van der Waals surface area (Å²) >= 11 is 0. The van der Waals surface area contributed by atoms with Crippen molar-refractivity contribution in [3.63, 3.8) is 0 Å². The first-order valence-electron chi connectivity index (χ1n) is 4.98. The number of benzene rings is 1. The van der Waals surface area contributed by atoms with Gasteiger partial charge in [-0.25, -0.2) is 0 Å². The number of nitrogens with two attached hydrogens (primary N) is 1. The molecule has 0 saturated carbocycles. The minimum atomic E-state index is 0.253. The summed E-state index contributed by atoms with van der Waals surface area (Å²) < 4.78 is 0. The molecule has 4 nitrogen and oxygen atoms in total. The molecule has 0 bridgehead atoms. The standard InChI is InChI=1S/C11H17N3O/c1-9(10-5-3-2-4-6-10)13-8-7-11(12)14-15/h2-6,9,13,15H,7-8H2,1H3,(H2,12,14). The van der Waals surface area contributed by atoms with Crippen LogP contribution in [0.5, 0.6) is 0 Å². The van der Waals surface area contributed by atoms with Crippen LogP contribution >= 0.6 is 0 Å². The molecule has 1 aromatic carbocycles. The summed E-state index contributed by atoms with van der Waals surface area (Å²) in [6, 6.07) is 10.4. The molecule has 1 atom stereocenters. The van der Waals surface area contributed by atoms with E-state index in [1.807, 2.05) is 18.2 Å². The van der Waals surface area contributed by atoms with E-state index in [4.69, 9.17) is 10.9 Å². The van der Waals surface area contributed by atoms with Crippen molar-refractivity contribution in [2.45, 2.75) is 19.4 Å². The average Bonchev–Trinajstić information content (AvgIpc) is 2.29. The molecule has 0 spiro atoms. The van der Waals surface area contributed by atoms with Crippen LogP contribution in [-0.2, 0) is 0 Å². The van der Waals surface area contributed by atoms with Gasteiger partial charge in [0.05, 0.1) is 0 Å². The fraction of sp³-hybridized carbons (Fsp3) is 0.364. The lowest BCUT2D eigenvalue weighted by Crippen LogP contribution is -2.24. The number of nitrogens with zero attached hydrogens (tertiary/aromatic N) is 1. The first-order valence-corrected chi connectivity index (χ1v) is 4.98. The minimum absolute atomic E-state index is 0.253. The monoisotopic (exact) mass is 207 g/mol. The summed E-state index contributed by atoms with van der Waals surface area (Å²) in [6.45, 7) is 2.79. The molecule has 0 amide bonds. The van der Waals surface area contributed by atoms with Gasteiger partial charge in [-0.2, -0.15) is 0 Å². The van der Waals surface area contributed by atoms with Crippen molar-refractivity contribution in [3.8, 4) is 0 Å². The van der Waals surface area contributed by atoms with Gasteiger partial charge in [-0.05, 0) is 12.5 Å². The highest BCUT2D eigenvalue weighted by atomic mass is 16.4. The van der Waals surface area contributed by atoms with E-state index in [0.29, 0.717) is 13.0 Å². The summed E-state index contributed by atoms with van der Waals surface area (Å²) in [6.07, 6.45) is 0.549. The zero-order valence-corrected chi connectivity index (χ0v) is 8.85. The zero-order valence-electron chi connectivity index (χ0n) is 8.85. The third-order valence-electron chi connectivity index (χ3n) is 2.26. The van der Waals surface area contributed by atoms with Crippen LogP contribution in [0.1, 0.15) is 24.9 Å². The lowest BCUT2D eigenvalue weighted by molar-refractivity contribution is 0.316. The summed E-state index contributed by atoms with van der Waals surface area (Å²) in [7, 11) is 0. The highest BCUT2D eigenvalue weighted by Crippen LogP contribution is 2.10. The van der Waals surface area contributed by atoms with Gasteiger partial charge in [-0.3, -0.25) is 0 Å². The van der Waals surface area contributed by atoms with E-state index in [1.165, 1.54) is 5.56 Å². The maximum atomic E-state index is 8.35. The van der Waals surface area contributed by atoms with Gasteiger partial charge in [0.25, 0.3) is 0 Å². The van der Waals surface area contributed by atoms with Crippen molar-refractivity contribution >= 4 is 5.84 Å². The third kappa shape index (κ3) is 3.99. The maximum absolute atomic E-state index is 8.35. The number of hydrogen-bond acceptors (Lipinski definition) is 3. The van der Waals surface area contributed by atoms with Crippen LogP contribution in [0.4, 0.5) is 0 Å². The quantitative estimate of drug-likeness (QED) is 0.296. The maximum Gasteiger partial charge on any atom is 0.140 e. The van der Waals surface area contributed by atoms with Gasteiger partial charge in [0, 0.05) is 19.0 Å². The molecule has 0 fully saturated rings. The predicted molar refractivity (Wildman–Crippen MR) is 60.9 cm³/mol. The van der Waals surface area contributed by atoms with Crippen molar-refractivity contribution in [1.29, 1.82) is 0 Å². The fourth-order valence-electron chi connectivity index (χ4n) is 1.33. The van der Waals surface area contributed by atoms with Gasteiger partial charge >= 0.3 is 0 Å². The summed E-state index contributed by atoms with van der Waals surface area (Å²) in [5, 5.41) is 14.6. The minimum Gasteiger partial charge on any atom is -0.409 e. The normalized spacial score (nSPS) is 13.8. The van der Waals surface area contributed by atoms with Crippen molar-refractivity contribution in [3.05, 3.63) is 35.9 Å². The van der Waals surface area contributed by atoms with Gasteiger partial charge in [0.1, 0.15) is 5.84 Å². The number of amidine groups is 1. The molecular formula is C11H17N3O. The molecule has 15 heavy (non-hydrogen) atoms. The Morgan fingerprint density at radius 3 is 2.73 bits per heavy atom. The van der Waals surface area contributed by atoms with E-state index in [0.717, 1.165) is 0 Å². The molecule has 1 aromatic rings. The summed E-state index contributed by atoms with van der Waals surface area (Å²) in [4.78, 5) is 0. The average molecular weight is 207 g/mol. The van der Waals surface area contributed by atoms with E-state index < -0.39 is 0 Å². The molecule has 0 aliphatic heterocycles. The van der Waals surface area contributed by atoms with Crippen LogP contribution in [0.15, 0.2) is 35.5 Å². The molecule has 0 radical (unpaired) electrons. The van der Waals surface area contributed by atoms with Crippen molar-refractivity contribution < 1.29 is 5.21 Å². The van der Waals surface area contributed by atoms with E-state index in [9.17, 15) is 0 Å². The van der Waals surface area contributed by atoms with Gasteiger partial charge in [0.15, 0.2) is 0 Å². The molecule has 0 heterocycles. The van der Waals surface area contributed by atoms with E-state index >= 15 is 0 Å². The third-order valence-corrected chi connectivity index (χ3v) is 2.26. The highest BCUT2D eigenvalue weighted by molar-refractivity contribution is 5.79. The van der Waals surface area contributed by atoms with Crippen molar-refractivity contribution in [1.82, 2.24) is 5.32 Å². The molecule has 1 unspecified atom stereocenters. The van der Waals surface area contributed by atoms with E-state index in [-0.39, 0.29) is 11.9 Å². The van der Waals surface area contributed by atoms with Gasteiger partial charge in [-0.15, -0.1) is 0 Å². The van der Waals surface area contributed by atoms with Gasteiger partial charge in [-0.1, -0.05) is 35.5 Å². The number of hydrogen-bond donors (Lipinski definition) is 3. The zero-order chi connectivity index (χ0) is 11.1. The first-order chi connectivity index (χ1) is 7.24. The lowest BCUT2D eigenvalue weighted by atomic mass is 10.1. The number of nitrogens with one attached hydrogen (secondary N) is 1. The van der Waals surface area contributed by atoms with Crippen LogP contribution in [0, 0.1) is 0 Å². The Labute approximate surface area is 89.8 Å². The predicted octanol–water partition coefficient (Wildman–Crippen LogP) is 1.47. The molecule has 4 heteroatoms. The molecule has 0 aliphatic rings. The van der Waals surface area contributed by atoms with Gasteiger partial charge in [0.2, 0.25) is 0 Å². The Morgan fingerprint density at radius 2 is 2.13 bits per heavy atom. The molecular weight excluding hydrogens is 190 g/mol. The second kappa shape index (κ2) is 6.03. The molecule has 1 rings (SSSR count). The molecule has 0 aromatic heterocycles. The Kier molecular flexibility index (Phi) is 4.63. The Hall–Kier alpha value is -1.55. The lowest BCUT2D eigenvalue weighted by Gasteiger charge is -2.13. The van der Waals surface area contributed by atoms with Crippen molar-refractivity contribution in [2.24, 2.45) is 10.9 Å². The Balaban J connectivity index is 2.34. The van der Waals surface area contributed by atoms with E-state index in [2.05, 4.69) is 29.5 Å². The number of oxime groups is 1. The van der Waals surface area contributed by atoms with Gasteiger partial charge < -0.3 is 16.3 Å². The van der Waals surface area contributed by atoms with Crippen LogP contribution in [0.2, 0.25) is 0 Å². The molecule has 0 saturated heterocycles. The SMILES string of the molecule is CC(NCCC(N)=NO)c1ccccc1. The fourth-order valence-corrected chi connectivity index (χ4v) is 1.33. The smallest absolute Gasteiger partial charge is 0.140 e. The topological polar surface area (TPSA) is 70.6 Å². The van der Waals surface area contributed by atoms with Crippen LogP contribution < -0.4 is 11.1 Å². The highest BCUT2D eigenvalue weighted by Gasteiger charge is 2.03. The molecule has 0 aliphatic carbocycles.